The Bertz CT molecular complexity index is 1200. The van der Waals surface area contributed by atoms with E-state index in [4.69, 9.17) is 14.2 Å². The number of hydrogen-bond acceptors (Lipinski definition) is 6. The van der Waals surface area contributed by atoms with Crippen molar-refractivity contribution in [2.75, 3.05) is 37.2 Å². The Labute approximate surface area is 199 Å². The third-order valence-electron chi connectivity index (χ3n) is 5.11. The number of hydrogen-bond donors (Lipinski definition) is 1. The number of sulfonamides is 1. The van der Waals surface area contributed by atoms with Crippen LogP contribution in [0.25, 0.3) is 0 Å². The fourth-order valence-electron chi connectivity index (χ4n) is 3.44. The molecular formula is C25H26N2O6S. The first-order chi connectivity index (χ1) is 16.5. The van der Waals surface area contributed by atoms with E-state index in [-0.39, 0.29) is 11.4 Å². The number of amides is 1. The molecule has 4 rings (SSSR count). The molecule has 0 aromatic heterocycles. The summed E-state index contributed by atoms with van der Waals surface area (Å²) in [6.07, 6.45) is 0. The summed E-state index contributed by atoms with van der Waals surface area (Å²) in [5, 5.41) is 2.73. The minimum atomic E-state index is -4.00. The molecule has 0 aliphatic carbocycles. The molecule has 178 valence electrons. The summed E-state index contributed by atoms with van der Waals surface area (Å²) in [4.78, 5) is 12.8. The fourth-order valence-corrected chi connectivity index (χ4v) is 4.87. The van der Waals surface area contributed by atoms with Gasteiger partial charge in [-0.1, -0.05) is 48.5 Å². The van der Waals surface area contributed by atoms with Crippen LogP contribution in [0.5, 0.6) is 11.5 Å². The maximum atomic E-state index is 13.4. The van der Waals surface area contributed by atoms with Crippen molar-refractivity contribution in [2.24, 2.45) is 0 Å². The van der Waals surface area contributed by atoms with Crippen molar-refractivity contribution >= 4 is 21.6 Å². The molecule has 0 bridgehead atoms. The van der Waals surface area contributed by atoms with E-state index in [9.17, 15) is 13.2 Å². The van der Waals surface area contributed by atoms with Crippen LogP contribution in [0, 0.1) is 0 Å². The van der Waals surface area contributed by atoms with E-state index in [1.165, 1.54) is 12.1 Å². The Morgan fingerprint density at radius 3 is 2.32 bits per heavy atom. The predicted molar refractivity (Wildman–Crippen MR) is 128 cm³/mol. The molecule has 0 unspecified atom stereocenters. The molecule has 0 spiro atoms. The normalized spacial score (nSPS) is 12.7. The maximum Gasteiger partial charge on any atom is 0.264 e. The van der Waals surface area contributed by atoms with Gasteiger partial charge in [0.1, 0.15) is 19.8 Å². The van der Waals surface area contributed by atoms with Crippen LogP contribution in [0.4, 0.5) is 5.69 Å². The van der Waals surface area contributed by atoms with E-state index < -0.39 is 22.5 Å². The van der Waals surface area contributed by atoms with Gasteiger partial charge in [0.25, 0.3) is 10.0 Å². The van der Waals surface area contributed by atoms with Gasteiger partial charge < -0.3 is 19.5 Å². The largest absolute Gasteiger partial charge is 0.486 e. The lowest BCUT2D eigenvalue weighted by Gasteiger charge is -2.26. The number of carbonyl (C=O) groups excluding carboxylic acids is 1. The van der Waals surface area contributed by atoms with Crippen molar-refractivity contribution in [1.29, 1.82) is 0 Å². The number of fused-ring (bicyclic) bond motifs is 1. The number of nitrogens with zero attached hydrogens (tertiary/aromatic N) is 1. The highest BCUT2D eigenvalue weighted by Gasteiger charge is 2.28. The van der Waals surface area contributed by atoms with E-state index >= 15 is 0 Å². The van der Waals surface area contributed by atoms with Gasteiger partial charge >= 0.3 is 0 Å². The molecule has 0 saturated carbocycles. The fraction of sp³-hybridized carbons (Fsp3) is 0.240. The monoisotopic (exact) mass is 482 g/mol. The van der Waals surface area contributed by atoms with E-state index in [1.54, 1.807) is 36.4 Å². The average molecular weight is 483 g/mol. The molecule has 1 amide bonds. The molecule has 8 nitrogen and oxygen atoms in total. The van der Waals surface area contributed by atoms with Gasteiger partial charge in [0.2, 0.25) is 5.91 Å². The minimum Gasteiger partial charge on any atom is -0.486 e. The summed E-state index contributed by atoms with van der Waals surface area (Å²) in [5.41, 5.74) is 1.34. The smallest absolute Gasteiger partial charge is 0.264 e. The van der Waals surface area contributed by atoms with Gasteiger partial charge in [-0.2, -0.15) is 0 Å². The molecule has 0 saturated heterocycles. The Morgan fingerprint density at radius 1 is 0.912 bits per heavy atom. The van der Waals surface area contributed by atoms with Crippen molar-refractivity contribution in [3.05, 3.63) is 84.4 Å². The van der Waals surface area contributed by atoms with Gasteiger partial charge in [-0.15, -0.1) is 0 Å². The van der Waals surface area contributed by atoms with E-state index in [1.807, 2.05) is 30.3 Å². The summed E-state index contributed by atoms with van der Waals surface area (Å²) in [6.45, 7) is 1.39. The van der Waals surface area contributed by atoms with Crippen LogP contribution < -0.4 is 19.1 Å². The first-order valence-electron chi connectivity index (χ1n) is 10.9. The SMILES string of the molecule is O=C(CN(c1ccc2c(c1)OCCO2)S(=O)(=O)c1ccccc1)NCCOCc1ccccc1. The Kier molecular flexibility index (Phi) is 7.66. The Hall–Kier alpha value is -3.56. The molecule has 34 heavy (non-hydrogen) atoms. The molecule has 1 aliphatic rings. The highest BCUT2D eigenvalue weighted by molar-refractivity contribution is 7.92. The second-order valence-electron chi connectivity index (χ2n) is 7.54. The Balaban J connectivity index is 1.44. The number of benzene rings is 3. The zero-order valence-electron chi connectivity index (χ0n) is 18.6. The number of anilines is 1. The van der Waals surface area contributed by atoms with Crippen LogP contribution >= 0.6 is 0 Å². The lowest BCUT2D eigenvalue weighted by molar-refractivity contribution is -0.119. The molecular weight excluding hydrogens is 456 g/mol. The molecule has 1 heterocycles. The van der Waals surface area contributed by atoms with Gasteiger partial charge in [-0.25, -0.2) is 8.42 Å². The standard InChI is InChI=1S/C25H26N2O6S/c28-25(26-13-14-31-19-20-7-3-1-4-8-20)18-27(34(29,30)22-9-5-2-6-10-22)21-11-12-23-24(17-21)33-16-15-32-23/h1-12,17H,13-16,18-19H2,(H,26,28). The summed E-state index contributed by atoms with van der Waals surface area (Å²) in [7, 11) is -4.00. The van der Waals surface area contributed by atoms with Gasteiger partial charge in [0, 0.05) is 12.6 Å². The van der Waals surface area contributed by atoms with Crippen molar-refractivity contribution in [1.82, 2.24) is 5.32 Å². The molecule has 0 atom stereocenters. The lowest BCUT2D eigenvalue weighted by Crippen LogP contribution is -2.41. The summed E-state index contributed by atoms with van der Waals surface area (Å²) >= 11 is 0. The third-order valence-corrected chi connectivity index (χ3v) is 6.90. The summed E-state index contributed by atoms with van der Waals surface area (Å²) in [5.74, 6) is 0.525. The number of rotatable bonds is 10. The minimum absolute atomic E-state index is 0.0869. The average Bonchev–Trinajstić information content (AvgIpc) is 2.88. The summed E-state index contributed by atoms with van der Waals surface area (Å²) < 4.78 is 44.6. The van der Waals surface area contributed by atoms with E-state index in [2.05, 4.69) is 5.32 Å². The zero-order chi connectivity index (χ0) is 23.8. The zero-order valence-corrected chi connectivity index (χ0v) is 19.4. The van der Waals surface area contributed by atoms with Crippen LogP contribution in [0.2, 0.25) is 0 Å². The first-order valence-corrected chi connectivity index (χ1v) is 12.3. The van der Waals surface area contributed by atoms with E-state index in [0.29, 0.717) is 43.6 Å². The molecule has 3 aromatic carbocycles. The number of ether oxygens (including phenoxy) is 3. The number of nitrogens with one attached hydrogen (secondary N) is 1. The highest BCUT2D eigenvalue weighted by Crippen LogP contribution is 2.35. The Morgan fingerprint density at radius 2 is 1.59 bits per heavy atom. The molecule has 9 heteroatoms. The third kappa shape index (κ3) is 5.86. The summed E-state index contributed by atoms with van der Waals surface area (Å²) in [6, 6.07) is 22.5. The van der Waals surface area contributed by atoms with Crippen molar-refractivity contribution < 1.29 is 27.4 Å². The van der Waals surface area contributed by atoms with Crippen LogP contribution in [0.15, 0.2) is 83.8 Å². The predicted octanol–water partition coefficient (Wildman–Crippen LogP) is 2.99. The van der Waals surface area contributed by atoms with Crippen LogP contribution in [-0.2, 0) is 26.2 Å². The highest BCUT2D eigenvalue weighted by atomic mass is 32.2. The second-order valence-corrected chi connectivity index (χ2v) is 9.40. The lowest BCUT2D eigenvalue weighted by atomic mass is 10.2. The van der Waals surface area contributed by atoms with Gasteiger partial charge in [0.15, 0.2) is 11.5 Å². The van der Waals surface area contributed by atoms with E-state index in [0.717, 1.165) is 9.87 Å². The van der Waals surface area contributed by atoms with Crippen LogP contribution in [-0.4, -0.2) is 47.2 Å². The quantitative estimate of drug-likeness (QED) is 0.447. The number of carbonyl (C=O) groups is 1. The molecule has 1 N–H and O–H groups in total. The topological polar surface area (TPSA) is 94.2 Å². The molecule has 3 aromatic rings. The van der Waals surface area contributed by atoms with Crippen LogP contribution in [0.1, 0.15) is 5.56 Å². The van der Waals surface area contributed by atoms with Gasteiger partial charge in [-0.05, 0) is 29.8 Å². The van der Waals surface area contributed by atoms with Crippen molar-refractivity contribution in [3.8, 4) is 11.5 Å². The molecule has 0 radical (unpaired) electrons. The van der Waals surface area contributed by atoms with Crippen LogP contribution in [0.3, 0.4) is 0 Å². The van der Waals surface area contributed by atoms with Crippen molar-refractivity contribution in [3.63, 3.8) is 0 Å². The molecule has 1 aliphatic heterocycles. The maximum absolute atomic E-state index is 13.4. The van der Waals surface area contributed by atoms with Gasteiger partial charge in [0.05, 0.1) is 23.8 Å². The second kappa shape index (κ2) is 11.0. The molecule has 0 fully saturated rings. The first kappa shape index (κ1) is 23.6. The van der Waals surface area contributed by atoms with Gasteiger partial charge in [-0.3, -0.25) is 9.10 Å². The van der Waals surface area contributed by atoms with Crippen molar-refractivity contribution in [2.45, 2.75) is 11.5 Å².